The predicted molar refractivity (Wildman–Crippen MR) is 81.3 cm³/mol. The Bertz CT molecular complexity index is 710. The van der Waals surface area contributed by atoms with Gasteiger partial charge < -0.3 is 11.1 Å². The van der Waals surface area contributed by atoms with Crippen LogP contribution in [0.15, 0.2) is 29.3 Å². The van der Waals surface area contributed by atoms with Crippen molar-refractivity contribution in [1.29, 1.82) is 0 Å². The van der Waals surface area contributed by atoms with Crippen LogP contribution in [0.5, 0.6) is 0 Å². The molecule has 0 atom stereocenters. The molecule has 8 heteroatoms. The Morgan fingerprint density at radius 3 is 2.75 bits per heavy atom. The van der Waals surface area contributed by atoms with E-state index in [1.165, 1.54) is 19.2 Å². The first-order valence-electron chi connectivity index (χ1n) is 5.90. The lowest BCUT2D eigenvalue weighted by Gasteiger charge is -2.10. The molecule has 0 aliphatic heterocycles. The highest BCUT2D eigenvalue weighted by molar-refractivity contribution is 7.89. The molecule has 1 aromatic carbocycles. The predicted octanol–water partition coefficient (Wildman–Crippen LogP) is 1.55. The number of anilines is 2. The quantitative estimate of drug-likeness (QED) is 0.728. The van der Waals surface area contributed by atoms with Gasteiger partial charge in [-0.15, -0.1) is 11.3 Å². The van der Waals surface area contributed by atoms with Crippen molar-refractivity contribution in [1.82, 2.24) is 9.71 Å². The number of rotatable bonds is 5. The van der Waals surface area contributed by atoms with Crippen LogP contribution >= 0.6 is 11.3 Å². The maximum absolute atomic E-state index is 11.8. The lowest BCUT2D eigenvalue weighted by atomic mass is 10.2. The van der Waals surface area contributed by atoms with Crippen LogP contribution in [0, 0.1) is 6.92 Å². The summed E-state index contributed by atoms with van der Waals surface area (Å²) in [5.41, 5.74) is 6.92. The van der Waals surface area contributed by atoms with Gasteiger partial charge in [0.15, 0.2) is 0 Å². The molecule has 0 amide bonds. The SMILES string of the molecule is CNS(=O)(=O)c1ccc(N)c(NCc2ncc(C)s2)c1. The third kappa shape index (κ3) is 3.27. The molecule has 1 aromatic heterocycles. The van der Waals surface area contributed by atoms with Crippen LogP contribution in [0.1, 0.15) is 9.88 Å². The van der Waals surface area contributed by atoms with Crippen molar-refractivity contribution in [2.75, 3.05) is 18.1 Å². The van der Waals surface area contributed by atoms with E-state index >= 15 is 0 Å². The number of aryl methyl sites for hydroxylation is 1. The molecule has 0 aliphatic rings. The molecule has 20 heavy (non-hydrogen) atoms. The highest BCUT2D eigenvalue weighted by atomic mass is 32.2. The second-order valence-corrected chi connectivity index (χ2v) is 7.38. The van der Waals surface area contributed by atoms with Crippen LogP contribution in [-0.4, -0.2) is 20.4 Å². The van der Waals surface area contributed by atoms with Gasteiger partial charge in [0.25, 0.3) is 0 Å². The third-order valence-corrected chi connectivity index (χ3v) is 5.03. The Kier molecular flexibility index (Phi) is 4.26. The fourth-order valence-electron chi connectivity index (χ4n) is 1.63. The van der Waals surface area contributed by atoms with Crippen molar-refractivity contribution in [3.8, 4) is 0 Å². The fraction of sp³-hybridized carbons (Fsp3) is 0.250. The zero-order valence-electron chi connectivity index (χ0n) is 11.2. The van der Waals surface area contributed by atoms with Crippen LogP contribution in [0.3, 0.4) is 0 Å². The summed E-state index contributed by atoms with van der Waals surface area (Å²) < 4.78 is 25.8. The minimum absolute atomic E-state index is 0.173. The molecule has 0 aliphatic carbocycles. The van der Waals surface area contributed by atoms with Gasteiger partial charge in [-0.25, -0.2) is 18.1 Å². The van der Waals surface area contributed by atoms with Crippen LogP contribution < -0.4 is 15.8 Å². The lowest BCUT2D eigenvalue weighted by molar-refractivity contribution is 0.588. The smallest absolute Gasteiger partial charge is 0.240 e. The van der Waals surface area contributed by atoms with Gasteiger partial charge in [-0.05, 0) is 32.2 Å². The number of benzene rings is 1. The van der Waals surface area contributed by atoms with E-state index in [-0.39, 0.29) is 4.90 Å². The van der Waals surface area contributed by atoms with Gasteiger partial charge in [0, 0.05) is 11.1 Å². The standard InChI is InChI=1S/C12H16N4O2S2/c1-8-6-16-12(19-8)7-15-11-5-9(3-4-10(11)13)20(17,18)14-2/h3-6,14-15H,7,13H2,1-2H3. The van der Waals surface area contributed by atoms with Crippen molar-refractivity contribution >= 4 is 32.7 Å². The van der Waals surface area contributed by atoms with Gasteiger partial charge in [-0.2, -0.15) is 0 Å². The molecule has 4 N–H and O–H groups in total. The van der Waals surface area contributed by atoms with E-state index in [0.29, 0.717) is 17.9 Å². The van der Waals surface area contributed by atoms with E-state index < -0.39 is 10.0 Å². The van der Waals surface area contributed by atoms with E-state index in [2.05, 4.69) is 15.0 Å². The molecule has 108 valence electrons. The van der Waals surface area contributed by atoms with Crippen molar-refractivity contribution in [2.24, 2.45) is 0 Å². The largest absolute Gasteiger partial charge is 0.397 e. The summed E-state index contributed by atoms with van der Waals surface area (Å²) in [6, 6.07) is 4.56. The van der Waals surface area contributed by atoms with Gasteiger partial charge in [-0.3, -0.25) is 0 Å². The number of sulfonamides is 1. The number of nitrogens with two attached hydrogens (primary N) is 1. The minimum atomic E-state index is -3.47. The van der Waals surface area contributed by atoms with E-state index in [9.17, 15) is 8.42 Å². The van der Waals surface area contributed by atoms with Crippen molar-refractivity contribution in [3.05, 3.63) is 34.3 Å². The highest BCUT2D eigenvalue weighted by Gasteiger charge is 2.13. The molecule has 0 radical (unpaired) electrons. The zero-order chi connectivity index (χ0) is 14.8. The molecule has 0 fully saturated rings. The summed E-state index contributed by atoms with van der Waals surface area (Å²) in [7, 11) is -2.10. The van der Waals surface area contributed by atoms with E-state index in [1.54, 1.807) is 23.6 Å². The minimum Gasteiger partial charge on any atom is -0.397 e. The number of thiazole rings is 1. The van der Waals surface area contributed by atoms with Crippen LogP contribution in [0.25, 0.3) is 0 Å². The Labute approximate surface area is 122 Å². The van der Waals surface area contributed by atoms with Gasteiger partial charge in [0.1, 0.15) is 5.01 Å². The second-order valence-electron chi connectivity index (χ2n) is 4.17. The number of nitrogens with zero attached hydrogens (tertiary/aromatic N) is 1. The van der Waals surface area contributed by atoms with Crippen LogP contribution in [0.2, 0.25) is 0 Å². The fourth-order valence-corrected chi connectivity index (χ4v) is 3.11. The number of aromatic nitrogens is 1. The molecule has 0 bridgehead atoms. The summed E-state index contributed by atoms with van der Waals surface area (Å²) in [4.78, 5) is 5.53. The normalized spacial score (nSPS) is 11.5. The van der Waals surface area contributed by atoms with E-state index in [1.807, 2.05) is 6.92 Å². The van der Waals surface area contributed by atoms with E-state index in [4.69, 9.17) is 5.73 Å². The number of hydrogen-bond acceptors (Lipinski definition) is 6. The molecule has 0 spiro atoms. The first kappa shape index (κ1) is 14.8. The summed E-state index contributed by atoms with van der Waals surface area (Å²) in [6.07, 6.45) is 1.80. The Balaban J connectivity index is 2.21. The maximum atomic E-state index is 11.8. The molecular formula is C12H16N4O2S2. The lowest BCUT2D eigenvalue weighted by Crippen LogP contribution is -2.18. The molecule has 0 unspecified atom stereocenters. The summed E-state index contributed by atoms with van der Waals surface area (Å²) >= 11 is 1.58. The van der Waals surface area contributed by atoms with Gasteiger partial charge >= 0.3 is 0 Å². The Morgan fingerprint density at radius 1 is 1.40 bits per heavy atom. The van der Waals surface area contributed by atoms with Gasteiger partial charge in [0.05, 0.1) is 22.8 Å². The van der Waals surface area contributed by atoms with Crippen molar-refractivity contribution in [3.63, 3.8) is 0 Å². The second kappa shape index (κ2) is 5.78. The zero-order valence-corrected chi connectivity index (χ0v) is 12.8. The topological polar surface area (TPSA) is 97.1 Å². The maximum Gasteiger partial charge on any atom is 0.240 e. The Morgan fingerprint density at radius 2 is 2.15 bits per heavy atom. The van der Waals surface area contributed by atoms with Gasteiger partial charge in [-0.1, -0.05) is 0 Å². The molecule has 0 saturated heterocycles. The molecule has 2 aromatic rings. The molecule has 6 nitrogen and oxygen atoms in total. The monoisotopic (exact) mass is 312 g/mol. The summed E-state index contributed by atoms with van der Waals surface area (Å²) in [5.74, 6) is 0. The van der Waals surface area contributed by atoms with E-state index in [0.717, 1.165) is 9.88 Å². The average Bonchev–Trinajstić information content (AvgIpc) is 2.83. The van der Waals surface area contributed by atoms with Crippen molar-refractivity contribution in [2.45, 2.75) is 18.4 Å². The molecular weight excluding hydrogens is 296 g/mol. The molecule has 1 heterocycles. The summed E-state index contributed by atoms with van der Waals surface area (Å²) in [5, 5.41) is 4.03. The van der Waals surface area contributed by atoms with Crippen molar-refractivity contribution < 1.29 is 8.42 Å². The summed E-state index contributed by atoms with van der Waals surface area (Å²) in [6.45, 7) is 2.49. The van der Waals surface area contributed by atoms with Crippen LogP contribution in [0.4, 0.5) is 11.4 Å². The van der Waals surface area contributed by atoms with Crippen LogP contribution in [-0.2, 0) is 16.6 Å². The molecule has 0 saturated carbocycles. The number of hydrogen-bond donors (Lipinski definition) is 3. The molecule has 2 rings (SSSR count). The first-order valence-corrected chi connectivity index (χ1v) is 8.20. The number of nitrogen functional groups attached to an aromatic ring is 1. The average molecular weight is 312 g/mol. The first-order chi connectivity index (χ1) is 9.42. The van der Waals surface area contributed by atoms with Gasteiger partial charge in [0.2, 0.25) is 10.0 Å². The highest BCUT2D eigenvalue weighted by Crippen LogP contribution is 2.24. The third-order valence-electron chi connectivity index (χ3n) is 2.70. The Hall–Kier alpha value is -1.64. The number of nitrogens with one attached hydrogen (secondary N) is 2.